The third kappa shape index (κ3) is 12.4. The summed E-state index contributed by atoms with van der Waals surface area (Å²) < 4.78 is 12.6. The van der Waals surface area contributed by atoms with Crippen molar-refractivity contribution in [2.45, 2.75) is 112 Å². The van der Waals surface area contributed by atoms with Gasteiger partial charge in [-0.3, -0.25) is 0 Å². The number of esters is 1. The molecule has 0 amide bonds. The van der Waals surface area contributed by atoms with E-state index in [-0.39, 0.29) is 12.1 Å². The molecule has 0 spiro atoms. The Morgan fingerprint density at radius 3 is 1.88 bits per heavy atom. The van der Waals surface area contributed by atoms with Crippen molar-refractivity contribution < 1.29 is 9.53 Å². The number of ether oxygens (including phenoxy) is 1. The van der Waals surface area contributed by atoms with E-state index in [2.05, 4.69) is 30.9 Å². The van der Waals surface area contributed by atoms with E-state index in [1.807, 2.05) is 6.92 Å². The van der Waals surface area contributed by atoms with Gasteiger partial charge >= 0.3 is 156 Å². The molecule has 0 aliphatic heterocycles. The first kappa shape index (κ1) is 24.0. The number of allylic oxidation sites excluding steroid dienone is 1. The number of hydrogen-bond donors (Lipinski definition) is 0. The second kappa shape index (κ2) is 15.3. The molecule has 0 aliphatic rings. The van der Waals surface area contributed by atoms with Gasteiger partial charge in [0.15, 0.2) is 0 Å². The molecular weight excluding hydrogens is 403 g/mol. The normalized spacial score (nSPS) is 13.4. The van der Waals surface area contributed by atoms with E-state index in [0.29, 0.717) is 0 Å². The molecule has 0 rings (SSSR count). The maximum absolute atomic E-state index is 10.9. The summed E-state index contributed by atoms with van der Waals surface area (Å²) in [6.07, 6.45) is 14.1. The molecule has 0 unspecified atom stereocenters. The van der Waals surface area contributed by atoms with E-state index in [9.17, 15) is 4.79 Å². The fourth-order valence-electron chi connectivity index (χ4n) is 3.41. The molecule has 0 bridgehead atoms. The summed E-state index contributed by atoms with van der Waals surface area (Å²) in [4.78, 5) is 10.9. The molecule has 0 radical (unpaired) electrons. The van der Waals surface area contributed by atoms with Gasteiger partial charge in [-0.05, 0) is 0 Å². The monoisotopic (exact) mass is 446 g/mol. The van der Waals surface area contributed by atoms with Crippen molar-refractivity contribution in [1.29, 1.82) is 0 Å². The number of carbonyl (C=O) groups is 1. The Balaban J connectivity index is 4.54. The van der Waals surface area contributed by atoms with Gasteiger partial charge in [0.05, 0.1) is 0 Å². The van der Waals surface area contributed by atoms with Crippen LogP contribution >= 0.6 is 0 Å². The van der Waals surface area contributed by atoms with Gasteiger partial charge in [-0.2, -0.15) is 0 Å². The molecule has 0 aromatic heterocycles. The molecule has 0 aromatic rings. The molecule has 0 fully saturated rings. The molecule has 0 aliphatic carbocycles. The van der Waals surface area contributed by atoms with Gasteiger partial charge in [-0.1, -0.05) is 0 Å². The molecule has 1 atom stereocenters. The van der Waals surface area contributed by atoms with Crippen LogP contribution in [-0.2, 0) is 9.53 Å². The van der Waals surface area contributed by atoms with Crippen molar-refractivity contribution in [2.75, 3.05) is 0 Å². The van der Waals surface area contributed by atoms with Crippen LogP contribution in [0.2, 0.25) is 13.3 Å². The van der Waals surface area contributed by atoms with Crippen LogP contribution in [-0.4, -0.2) is 30.5 Å². The fraction of sp³-hybridized carbons (Fsp3) is 0.857. The molecule has 0 aromatic carbocycles. The number of hydrogen-bond acceptors (Lipinski definition) is 2. The first-order chi connectivity index (χ1) is 11.5. The van der Waals surface area contributed by atoms with Gasteiger partial charge in [-0.15, -0.1) is 0 Å². The summed E-state index contributed by atoms with van der Waals surface area (Å²) in [7, 11) is 0. The van der Waals surface area contributed by atoms with Gasteiger partial charge in [0.1, 0.15) is 0 Å². The SMILES string of the molecule is CCC[CH2][Sn](/[CH]=C/CCC[C@@H](C)OC(C)=O)([CH2]CCC)[CH2]CCC. The predicted octanol–water partition coefficient (Wildman–Crippen LogP) is 7.05. The van der Waals surface area contributed by atoms with Crippen LogP contribution in [0.5, 0.6) is 0 Å². The maximum atomic E-state index is 10.9. The van der Waals surface area contributed by atoms with Crippen LogP contribution in [0.3, 0.4) is 0 Å². The summed E-state index contributed by atoms with van der Waals surface area (Å²) in [5.41, 5.74) is 0. The van der Waals surface area contributed by atoms with Crippen LogP contribution in [0.25, 0.3) is 0 Å². The van der Waals surface area contributed by atoms with E-state index in [4.69, 9.17) is 4.74 Å². The van der Waals surface area contributed by atoms with Crippen molar-refractivity contribution in [3.05, 3.63) is 10.2 Å². The van der Waals surface area contributed by atoms with Crippen LogP contribution in [0, 0.1) is 0 Å². The fourth-order valence-corrected chi connectivity index (χ4v) is 17.9. The second-order valence-corrected chi connectivity index (χ2v) is 20.4. The topological polar surface area (TPSA) is 26.3 Å². The zero-order valence-electron chi connectivity index (χ0n) is 17.0. The molecule has 0 saturated carbocycles. The molecular formula is C21H42O2Sn. The Morgan fingerprint density at radius 2 is 1.46 bits per heavy atom. The zero-order chi connectivity index (χ0) is 18.3. The molecule has 24 heavy (non-hydrogen) atoms. The van der Waals surface area contributed by atoms with Crippen LogP contribution in [0.4, 0.5) is 0 Å². The summed E-state index contributed by atoms with van der Waals surface area (Å²) in [6.45, 7) is 10.5. The Hall–Kier alpha value is 0.00870. The Morgan fingerprint density at radius 1 is 0.958 bits per heavy atom. The van der Waals surface area contributed by atoms with Crippen molar-refractivity contribution in [3.8, 4) is 0 Å². The summed E-state index contributed by atoms with van der Waals surface area (Å²) >= 11 is -2.07. The summed E-state index contributed by atoms with van der Waals surface area (Å²) in [6, 6.07) is 0. The Kier molecular flexibility index (Phi) is 15.3. The van der Waals surface area contributed by atoms with Gasteiger partial charge in [0, 0.05) is 0 Å². The molecule has 142 valence electrons. The van der Waals surface area contributed by atoms with Crippen molar-refractivity contribution in [1.82, 2.24) is 0 Å². The van der Waals surface area contributed by atoms with Crippen LogP contribution in [0.1, 0.15) is 92.4 Å². The van der Waals surface area contributed by atoms with Gasteiger partial charge in [0.25, 0.3) is 0 Å². The van der Waals surface area contributed by atoms with Crippen LogP contribution in [0.15, 0.2) is 10.2 Å². The average Bonchev–Trinajstić information content (AvgIpc) is 2.54. The second-order valence-electron chi connectivity index (χ2n) is 7.43. The molecule has 3 heteroatoms. The molecule has 0 heterocycles. The summed E-state index contributed by atoms with van der Waals surface area (Å²) in [5, 5.41) is 0. The molecule has 2 nitrogen and oxygen atoms in total. The van der Waals surface area contributed by atoms with Gasteiger partial charge < -0.3 is 0 Å². The van der Waals surface area contributed by atoms with E-state index >= 15 is 0 Å². The van der Waals surface area contributed by atoms with Crippen molar-refractivity contribution in [2.24, 2.45) is 0 Å². The van der Waals surface area contributed by atoms with Gasteiger partial charge in [0.2, 0.25) is 0 Å². The predicted molar refractivity (Wildman–Crippen MR) is 109 cm³/mol. The summed E-state index contributed by atoms with van der Waals surface area (Å²) in [5.74, 6) is -0.160. The van der Waals surface area contributed by atoms with Gasteiger partial charge in [-0.25, -0.2) is 0 Å². The van der Waals surface area contributed by atoms with Crippen LogP contribution < -0.4 is 0 Å². The molecule has 0 saturated heterocycles. The zero-order valence-corrected chi connectivity index (χ0v) is 19.9. The number of carbonyl (C=O) groups excluding carboxylic acids is 1. The standard InChI is InChI=1S/C9H15O2.3C4H9.Sn/c1-4-5-6-7-8(2)11-9(3)10;3*1-3-4-2;/h1,4,8H,5-7H2,2-3H3;3*1,3-4H2,2H3;/t8-;;;;/m1..../s1. The minimum atomic E-state index is -2.07. The van der Waals surface area contributed by atoms with Crippen molar-refractivity contribution >= 4 is 24.3 Å². The van der Waals surface area contributed by atoms with Crippen molar-refractivity contribution in [3.63, 3.8) is 0 Å². The van der Waals surface area contributed by atoms with E-state index in [0.717, 1.165) is 19.3 Å². The Labute approximate surface area is 155 Å². The van der Waals surface area contributed by atoms with E-state index < -0.39 is 18.4 Å². The third-order valence-corrected chi connectivity index (χ3v) is 19.1. The quantitative estimate of drug-likeness (QED) is 0.153. The molecule has 0 N–H and O–H groups in total. The first-order valence-electron chi connectivity index (χ1n) is 10.3. The average molecular weight is 445 g/mol. The number of unbranched alkanes of at least 4 members (excludes halogenated alkanes) is 4. The Bertz CT molecular complexity index is 317. The first-order valence-corrected chi connectivity index (χ1v) is 18.0. The van der Waals surface area contributed by atoms with E-state index in [1.54, 1.807) is 13.3 Å². The minimum absolute atomic E-state index is 0.0597. The third-order valence-electron chi connectivity index (χ3n) is 4.90. The van der Waals surface area contributed by atoms with E-state index in [1.165, 1.54) is 45.4 Å². The number of rotatable bonds is 15.